The molecule has 2 bridgehead atoms. The second kappa shape index (κ2) is 4.45. The SMILES string of the molecule is O=C1C2CC(C2)CN1CCc1cccc(Br)c1. The molecule has 0 atom stereocenters. The number of carbonyl (C=O) groups is 1. The number of fused-ring (bicyclic) bond motifs is 2. The number of piperidine rings is 2. The Hall–Kier alpha value is -0.830. The molecule has 0 aromatic heterocycles. The van der Waals surface area contributed by atoms with Gasteiger partial charge in [0, 0.05) is 23.5 Å². The van der Waals surface area contributed by atoms with Gasteiger partial charge >= 0.3 is 0 Å². The summed E-state index contributed by atoms with van der Waals surface area (Å²) in [6.45, 7) is 1.87. The third-order valence-corrected chi connectivity index (χ3v) is 4.43. The van der Waals surface area contributed by atoms with Crippen molar-refractivity contribution in [1.29, 1.82) is 0 Å². The first-order valence-electron chi connectivity index (χ1n) is 6.25. The maximum Gasteiger partial charge on any atom is 0.225 e. The van der Waals surface area contributed by atoms with Crippen molar-refractivity contribution >= 4 is 21.8 Å². The highest BCUT2D eigenvalue weighted by atomic mass is 79.9. The number of amides is 1. The summed E-state index contributed by atoms with van der Waals surface area (Å²) in [6.07, 6.45) is 3.25. The van der Waals surface area contributed by atoms with Gasteiger partial charge in [0.1, 0.15) is 0 Å². The summed E-state index contributed by atoms with van der Waals surface area (Å²) in [5.74, 6) is 1.54. The first-order chi connectivity index (χ1) is 8.22. The van der Waals surface area contributed by atoms with Gasteiger partial charge in [0.05, 0.1) is 0 Å². The predicted molar refractivity (Wildman–Crippen MR) is 70.6 cm³/mol. The molecule has 2 nitrogen and oxygen atoms in total. The molecule has 0 N–H and O–H groups in total. The van der Waals surface area contributed by atoms with Crippen molar-refractivity contribution in [3.8, 4) is 0 Å². The molecule has 0 spiro atoms. The number of hydrogen-bond donors (Lipinski definition) is 0. The van der Waals surface area contributed by atoms with E-state index in [4.69, 9.17) is 0 Å². The van der Waals surface area contributed by atoms with E-state index < -0.39 is 0 Å². The van der Waals surface area contributed by atoms with Crippen LogP contribution in [0, 0.1) is 11.8 Å². The van der Waals surface area contributed by atoms with E-state index in [0.29, 0.717) is 11.8 Å². The molecule has 2 saturated heterocycles. The fourth-order valence-corrected chi connectivity index (χ4v) is 3.35. The van der Waals surface area contributed by atoms with E-state index in [2.05, 4.69) is 39.0 Å². The van der Waals surface area contributed by atoms with E-state index in [1.807, 2.05) is 6.07 Å². The van der Waals surface area contributed by atoms with Crippen LogP contribution in [0.1, 0.15) is 18.4 Å². The van der Waals surface area contributed by atoms with Gasteiger partial charge in [0.2, 0.25) is 5.91 Å². The minimum absolute atomic E-state index is 0.358. The molecule has 3 aliphatic rings. The van der Waals surface area contributed by atoms with Crippen molar-refractivity contribution in [2.75, 3.05) is 13.1 Å². The number of hydrogen-bond acceptors (Lipinski definition) is 1. The van der Waals surface area contributed by atoms with Gasteiger partial charge < -0.3 is 4.90 Å². The molecule has 1 aliphatic carbocycles. The Labute approximate surface area is 110 Å². The van der Waals surface area contributed by atoms with Crippen molar-refractivity contribution in [1.82, 2.24) is 4.90 Å². The lowest BCUT2D eigenvalue weighted by Gasteiger charge is -2.46. The van der Waals surface area contributed by atoms with Crippen molar-refractivity contribution in [2.24, 2.45) is 11.8 Å². The van der Waals surface area contributed by atoms with Crippen molar-refractivity contribution < 1.29 is 4.79 Å². The summed E-state index contributed by atoms with van der Waals surface area (Å²) < 4.78 is 1.11. The molecular weight excluding hydrogens is 278 g/mol. The van der Waals surface area contributed by atoms with E-state index in [1.165, 1.54) is 5.56 Å². The molecule has 2 heterocycles. The lowest BCUT2D eigenvalue weighted by atomic mass is 9.70. The van der Waals surface area contributed by atoms with Crippen LogP contribution in [0.15, 0.2) is 28.7 Å². The number of benzene rings is 1. The molecule has 1 saturated carbocycles. The lowest BCUT2D eigenvalue weighted by Crippen LogP contribution is -2.53. The van der Waals surface area contributed by atoms with Crippen molar-refractivity contribution in [3.63, 3.8) is 0 Å². The van der Waals surface area contributed by atoms with Gasteiger partial charge in [0.25, 0.3) is 0 Å². The molecule has 2 aliphatic heterocycles. The first kappa shape index (κ1) is 11.3. The molecule has 17 heavy (non-hydrogen) atoms. The Balaban J connectivity index is 1.59. The summed E-state index contributed by atoms with van der Waals surface area (Å²) in [4.78, 5) is 14.0. The van der Waals surface area contributed by atoms with Crippen LogP contribution in [0.4, 0.5) is 0 Å². The second-order valence-corrected chi connectivity index (χ2v) is 6.11. The van der Waals surface area contributed by atoms with Crippen LogP contribution in [0.5, 0.6) is 0 Å². The zero-order chi connectivity index (χ0) is 11.8. The Morgan fingerprint density at radius 3 is 2.88 bits per heavy atom. The number of rotatable bonds is 3. The summed E-state index contributed by atoms with van der Waals surface area (Å²) in [5.41, 5.74) is 1.30. The fourth-order valence-electron chi connectivity index (χ4n) is 2.90. The van der Waals surface area contributed by atoms with Gasteiger partial charge in [-0.2, -0.15) is 0 Å². The van der Waals surface area contributed by atoms with Crippen LogP contribution in [0.3, 0.4) is 0 Å². The topological polar surface area (TPSA) is 20.3 Å². The predicted octanol–water partition coefficient (Wildman–Crippen LogP) is 2.86. The summed E-state index contributed by atoms with van der Waals surface area (Å²) in [7, 11) is 0. The van der Waals surface area contributed by atoms with Crippen molar-refractivity contribution in [2.45, 2.75) is 19.3 Å². The quantitative estimate of drug-likeness (QED) is 0.839. The summed E-state index contributed by atoms with van der Waals surface area (Å²) in [5, 5.41) is 0. The third-order valence-electron chi connectivity index (χ3n) is 3.93. The zero-order valence-electron chi connectivity index (χ0n) is 9.73. The Morgan fingerprint density at radius 2 is 2.18 bits per heavy atom. The molecule has 0 unspecified atom stereocenters. The maximum atomic E-state index is 12.0. The average Bonchev–Trinajstić information content (AvgIpc) is 2.26. The minimum atomic E-state index is 0.358. The molecule has 3 heteroatoms. The first-order valence-corrected chi connectivity index (χ1v) is 7.05. The normalized spacial score (nSPS) is 26.9. The van der Waals surface area contributed by atoms with Gasteiger partial charge in [-0.25, -0.2) is 0 Å². The molecule has 0 radical (unpaired) electrons. The van der Waals surface area contributed by atoms with Crippen LogP contribution in [0.2, 0.25) is 0 Å². The number of halogens is 1. The van der Waals surface area contributed by atoms with E-state index in [1.54, 1.807) is 0 Å². The van der Waals surface area contributed by atoms with Crippen LogP contribution in [0.25, 0.3) is 0 Å². The molecule has 3 fully saturated rings. The average molecular weight is 294 g/mol. The molecule has 1 aromatic carbocycles. The number of carbonyl (C=O) groups excluding carboxylic acids is 1. The van der Waals surface area contributed by atoms with Gasteiger partial charge in [-0.15, -0.1) is 0 Å². The van der Waals surface area contributed by atoms with Crippen LogP contribution in [-0.2, 0) is 11.2 Å². The summed E-state index contributed by atoms with van der Waals surface area (Å²) >= 11 is 3.48. The fraction of sp³-hybridized carbons (Fsp3) is 0.500. The van der Waals surface area contributed by atoms with Gasteiger partial charge in [-0.05, 0) is 42.9 Å². The zero-order valence-corrected chi connectivity index (χ0v) is 11.3. The lowest BCUT2D eigenvalue weighted by molar-refractivity contribution is -0.148. The second-order valence-electron chi connectivity index (χ2n) is 5.20. The molecule has 4 rings (SSSR count). The van der Waals surface area contributed by atoms with Gasteiger partial charge in [-0.1, -0.05) is 28.1 Å². The third kappa shape index (κ3) is 2.25. The van der Waals surface area contributed by atoms with E-state index in [-0.39, 0.29) is 0 Å². The minimum Gasteiger partial charge on any atom is -0.342 e. The largest absolute Gasteiger partial charge is 0.342 e. The van der Waals surface area contributed by atoms with Crippen LogP contribution >= 0.6 is 15.9 Å². The summed E-state index contributed by atoms with van der Waals surface area (Å²) in [6, 6.07) is 8.34. The van der Waals surface area contributed by atoms with E-state index >= 15 is 0 Å². The highest BCUT2D eigenvalue weighted by Gasteiger charge is 2.43. The van der Waals surface area contributed by atoms with E-state index in [9.17, 15) is 4.79 Å². The van der Waals surface area contributed by atoms with Gasteiger partial charge in [-0.3, -0.25) is 4.79 Å². The molecule has 1 amide bonds. The maximum absolute atomic E-state index is 12.0. The van der Waals surface area contributed by atoms with Gasteiger partial charge in [0.15, 0.2) is 0 Å². The Bertz CT molecular complexity index is 440. The molecule has 1 aromatic rings. The highest BCUT2D eigenvalue weighted by Crippen LogP contribution is 2.40. The van der Waals surface area contributed by atoms with Crippen LogP contribution < -0.4 is 0 Å². The molecular formula is C14H16BrNO. The molecule has 90 valence electrons. The smallest absolute Gasteiger partial charge is 0.225 e. The number of nitrogens with zero attached hydrogens (tertiary/aromatic N) is 1. The van der Waals surface area contributed by atoms with Crippen LogP contribution in [-0.4, -0.2) is 23.9 Å². The highest BCUT2D eigenvalue weighted by molar-refractivity contribution is 9.10. The van der Waals surface area contributed by atoms with E-state index in [0.717, 1.165) is 42.7 Å². The Kier molecular flexibility index (Phi) is 2.95. The standard InChI is InChI=1S/C14H16BrNO/c15-13-3-1-2-10(8-13)4-5-16-9-11-6-12(7-11)14(16)17/h1-3,8,11-12H,4-7,9H2. The Morgan fingerprint density at radius 1 is 1.35 bits per heavy atom. The van der Waals surface area contributed by atoms with Crippen molar-refractivity contribution in [3.05, 3.63) is 34.3 Å². The monoisotopic (exact) mass is 293 g/mol.